The molecule has 8 N–H and O–H groups in total. The zero-order valence-corrected chi connectivity index (χ0v) is 43.6. The molecule has 0 radical (unpaired) electrons. The summed E-state index contributed by atoms with van der Waals surface area (Å²) >= 11 is 0. The topological polar surface area (TPSA) is 189 Å². The van der Waals surface area contributed by atoms with E-state index in [9.17, 15) is 40.5 Å². The lowest BCUT2D eigenvalue weighted by Gasteiger charge is -2.40. The molecule has 9 atom stereocenters. The van der Waals surface area contributed by atoms with Crippen LogP contribution < -0.4 is 5.32 Å². The van der Waals surface area contributed by atoms with Gasteiger partial charge in [0.2, 0.25) is 5.91 Å². The Bertz CT molecular complexity index is 1200. The lowest BCUT2D eigenvalue weighted by Crippen LogP contribution is -2.60. The smallest absolute Gasteiger partial charge is 0.249 e. The molecule has 400 valence electrons. The second-order valence-electron chi connectivity index (χ2n) is 20.0. The van der Waals surface area contributed by atoms with Crippen LogP contribution in [0.25, 0.3) is 0 Å². The van der Waals surface area contributed by atoms with Gasteiger partial charge in [0.15, 0.2) is 6.29 Å². The van der Waals surface area contributed by atoms with Crippen LogP contribution in [-0.4, -0.2) is 110 Å². The Balaban J connectivity index is 2.19. The fourth-order valence-corrected chi connectivity index (χ4v) is 8.99. The predicted octanol–water partition coefficient (Wildman–Crippen LogP) is 11.5. The SMILES string of the molecule is CCC/C=C/CC/C=C/CCCC(O)C(O)C(COC1OC(CO)C(O)C(O)C1O)NC(=O)C(O)CCCCCCCCCCCCCCCCC/C=C\CCCCCCCCCCCCCC. The minimum absolute atomic E-state index is 0.245. The third-order valence-electron chi connectivity index (χ3n) is 13.6. The van der Waals surface area contributed by atoms with Gasteiger partial charge in [-0.2, -0.15) is 0 Å². The molecule has 0 aromatic heterocycles. The van der Waals surface area contributed by atoms with Crippen molar-refractivity contribution in [2.75, 3.05) is 13.2 Å². The van der Waals surface area contributed by atoms with E-state index in [4.69, 9.17) is 9.47 Å². The molecule has 1 rings (SSSR count). The first-order valence-electron chi connectivity index (χ1n) is 28.4. The Kier molecular flexibility index (Phi) is 43.9. The molecular weight excluding hydrogens is 859 g/mol. The standard InChI is InChI=1S/C57H107NO10/c1-3-5-7-9-11-13-15-16-17-18-19-20-21-22-23-24-25-26-27-28-29-30-31-32-33-34-35-37-39-41-43-45-50(61)56(66)58-48(47-67-57-55(65)54(64)53(63)51(46-59)68-57)52(62)49(60)44-42-40-38-36-14-12-10-8-6-4-2/h8,10,22-23,36,38,48-55,57,59-65H,3-7,9,11-21,24-35,37,39-47H2,1-2H3,(H,58,66)/b10-8+,23-22-,38-36+. The van der Waals surface area contributed by atoms with Gasteiger partial charge in [-0.15, -0.1) is 0 Å². The summed E-state index contributed by atoms with van der Waals surface area (Å²) in [5, 5.41) is 75.7. The second kappa shape index (κ2) is 46.4. The number of carbonyl (C=O) groups excluding carboxylic acids is 1. The summed E-state index contributed by atoms with van der Waals surface area (Å²) in [5.74, 6) is -0.711. The lowest BCUT2D eigenvalue weighted by molar-refractivity contribution is -0.303. The van der Waals surface area contributed by atoms with Crippen LogP contribution >= 0.6 is 0 Å². The molecule has 0 spiro atoms. The summed E-state index contributed by atoms with van der Waals surface area (Å²) in [6.07, 6.45) is 45.3. The molecule has 68 heavy (non-hydrogen) atoms. The Morgan fingerprint density at radius 2 is 0.912 bits per heavy atom. The highest BCUT2D eigenvalue weighted by atomic mass is 16.7. The van der Waals surface area contributed by atoms with Crippen molar-refractivity contribution in [1.82, 2.24) is 5.32 Å². The van der Waals surface area contributed by atoms with Crippen LogP contribution in [0.5, 0.6) is 0 Å². The van der Waals surface area contributed by atoms with E-state index in [-0.39, 0.29) is 12.8 Å². The molecule has 0 saturated carbocycles. The summed E-state index contributed by atoms with van der Waals surface area (Å²) in [7, 11) is 0. The summed E-state index contributed by atoms with van der Waals surface area (Å²) in [6.45, 7) is 3.35. The van der Waals surface area contributed by atoms with Crippen LogP contribution in [-0.2, 0) is 14.3 Å². The second-order valence-corrected chi connectivity index (χ2v) is 20.0. The van der Waals surface area contributed by atoms with Gasteiger partial charge in [-0.1, -0.05) is 217 Å². The van der Waals surface area contributed by atoms with Crippen molar-refractivity contribution < 1.29 is 50.0 Å². The number of hydrogen-bond donors (Lipinski definition) is 8. The average molecular weight is 966 g/mol. The van der Waals surface area contributed by atoms with Crippen molar-refractivity contribution in [2.45, 2.75) is 306 Å². The summed E-state index contributed by atoms with van der Waals surface area (Å²) < 4.78 is 11.1. The first-order valence-corrected chi connectivity index (χ1v) is 28.4. The van der Waals surface area contributed by atoms with E-state index in [1.807, 2.05) is 0 Å². The molecule has 0 aromatic rings. The van der Waals surface area contributed by atoms with Gasteiger partial charge in [0.1, 0.15) is 36.6 Å². The molecule has 11 nitrogen and oxygen atoms in total. The van der Waals surface area contributed by atoms with Crippen molar-refractivity contribution in [2.24, 2.45) is 0 Å². The van der Waals surface area contributed by atoms with E-state index >= 15 is 0 Å². The number of carbonyl (C=O) groups is 1. The highest BCUT2D eigenvalue weighted by Gasteiger charge is 2.44. The Morgan fingerprint density at radius 1 is 0.500 bits per heavy atom. The number of rotatable bonds is 48. The van der Waals surface area contributed by atoms with Crippen molar-refractivity contribution >= 4 is 5.91 Å². The molecule has 1 saturated heterocycles. The van der Waals surface area contributed by atoms with Gasteiger partial charge in [0.25, 0.3) is 0 Å². The minimum Gasteiger partial charge on any atom is -0.394 e. The molecule has 0 aromatic carbocycles. The lowest BCUT2D eigenvalue weighted by atomic mass is 9.98. The van der Waals surface area contributed by atoms with E-state index in [0.717, 1.165) is 44.9 Å². The van der Waals surface area contributed by atoms with Crippen LogP contribution in [0.3, 0.4) is 0 Å². The molecular formula is C57H107NO10. The van der Waals surface area contributed by atoms with Crippen molar-refractivity contribution in [3.05, 3.63) is 36.5 Å². The van der Waals surface area contributed by atoms with E-state index < -0.39 is 74.2 Å². The van der Waals surface area contributed by atoms with E-state index in [1.165, 1.54) is 161 Å². The molecule has 1 amide bonds. The van der Waals surface area contributed by atoms with Crippen molar-refractivity contribution in [1.29, 1.82) is 0 Å². The molecule has 1 heterocycles. The normalized spacial score (nSPS) is 20.8. The van der Waals surface area contributed by atoms with Crippen LogP contribution in [0.2, 0.25) is 0 Å². The number of ether oxygens (including phenoxy) is 2. The van der Waals surface area contributed by atoms with Gasteiger partial charge in [0.05, 0.1) is 25.4 Å². The zero-order valence-electron chi connectivity index (χ0n) is 43.6. The van der Waals surface area contributed by atoms with E-state index in [0.29, 0.717) is 19.3 Å². The molecule has 1 aliphatic heterocycles. The Labute approximate surface area is 416 Å². The maximum atomic E-state index is 13.1. The fraction of sp³-hybridized carbons (Fsp3) is 0.877. The third kappa shape index (κ3) is 34.6. The number of aliphatic hydroxyl groups is 7. The van der Waals surface area contributed by atoms with E-state index in [1.54, 1.807) is 0 Å². The van der Waals surface area contributed by atoms with Crippen LogP contribution in [0.4, 0.5) is 0 Å². The maximum absolute atomic E-state index is 13.1. The number of unbranched alkanes of at least 4 members (excludes halogenated alkanes) is 30. The van der Waals surface area contributed by atoms with Gasteiger partial charge in [-0.3, -0.25) is 4.79 Å². The Morgan fingerprint density at radius 3 is 1.37 bits per heavy atom. The highest BCUT2D eigenvalue weighted by molar-refractivity contribution is 5.80. The summed E-state index contributed by atoms with van der Waals surface area (Å²) in [5.41, 5.74) is 0. The number of amides is 1. The van der Waals surface area contributed by atoms with Crippen LogP contribution in [0.15, 0.2) is 36.5 Å². The van der Waals surface area contributed by atoms with Crippen molar-refractivity contribution in [3.8, 4) is 0 Å². The predicted molar refractivity (Wildman–Crippen MR) is 279 cm³/mol. The summed E-state index contributed by atoms with van der Waals surface area (Å²) in [6, 6.07) is -1.19. The molecule has 9 unspecified atom stereocenters. The first-order chi connectivity index (χ1) is 33.2. The average Bonchev–Trinajstić information content (AvgIpc) is 3.34. The molecule has 11 heteroatoms. The minimum atomic E-state index is -1.67. The van der Waals surface area contributed by atoms with Gasteiger partial charge >= 0.3 is 0 Å². The zero-order chi connectivity index (χ0) is 49.7. The van der Waals surface area contributed by atoms with Crippen LogP contribution in [0.1, 0.15) is 251 Å². The molecule has 0 bridgehead atoms. The molecule has 0 aliphatic carbocycles. The fourth-order valence-electron chi connectivity index (χ4n) is 8.99. The highest BCUT2D eigenvalue weighted by Crippen LogP contribution is 2.23. The largest absolute Gasteiger partial charge is 0.394 e. The quantitative estimate of drug-likeness (QED) is 0.0215. The number of allylic oxidation sites excluding steroid dienone is 6. The number of nitrogens with one attached hydrogen (secondary N) is 1. The molecule has 1 fully saturated rings. The van der Waals surface area contributed by atoms with Gasteiger partial charge in [0, 0.05) is 0 Å². The van der Waals surface area contributed by atoms with Gasteiger partial charge in [-0.25, -0.2) is 0 Å². The third-order valence-corrected chi connectivity index (χ3v) is 13.6. The summed E-state index contributed by atoms with van der Waals surface area (Å²) in [4.78, 5) is 13.1. The number of hydrogen-bond acceptors (Lipinski definition) is 10. The van der Waals surface area contributed by atoms with Gasteiger partial charge < -0.3 is 50.5 Å². The number of aliphatic hydroxyl groups excluding tert-OH is 7. The first kappa shape index (κ1) is 64.3. The Hall–Kier alpha value is -1.67. The van der Waals surface area contributed by atoms with Gasteiger partial charge in [-0.05, 0) is 70.6 Å². The van der Waals surface area contributed by atoms with Crippen molar-refractivity contribution in [3.63, 3.8) is 0 Å². The maximum Gasteiger partial charge on any atom is 0.249 e. The van der Waals surface area contributed by atoms with Crippen LogP contribution in [0, 0.1) is 0 Å². The molecule has 1 aliphatic rings. The van der Waals surface area contributed by atoms with E-state index in [2.05, 4.69) is 55.6 Å². The monoisotopic (exact) mass is 966 g/mol.